The first-order chi connectivity index (χ1) is 15.8. The Morgan fingerprint density at radius 2 is 1.73 bits per heavy atom. The lowest BCUT2D eigenvalue weighted by atomic mass is 9.91. The number of amides is 1. The second kappa shape index (κ2) is 9.55. The molecule has 0 spiro atoms. The van der Waals surface area contributed by atoms with Gasteiger partial charge in [0.1, 0.15) is 0 Å². The average Bonchev–Trinajstić information content (AvgIpc) is 3.24. The number of carboxylic acid groups (broad SMARTS) is 1. The van der Waals surface area contributed by atoms with E-state index in [-0.39, 0.29) is 24.8 Å². The third kappa shape index (κ3) is 4.96. The Kier molecular flexibility index (Phi) is 6.56. The molecule has 0 radical (unpaired) electrons. The Morgan fingerprint density at radius 3 is 2.39 bits per heavy atom. The summed E-state index contributed by atoms with van der Waals surface area (Å²) in [7, 11) is 0. The quantitative estimate of drug-likeness (QED) is 0.520. The van der Waals surface area contributed by atoms with E-state index in [2.05, 4.69) is 4.98 Å². The molecule has 0 bridgehead atoms. The van der Waals surface area contributed by atoms with E-state index >= 15 is 0 Å². The zero-order chi connectivity index (χ0) is 23.5. The molecule has 0 fully saturated rings. The van der Waals surface area contributed by atoms with Gasteiger partial charge in [0.25, 0.3) is 0 Å². The number of carboxylic acids is 1. The molecular weight excluding hydrogens is 438 g/mol. The van der Waals surface area contributed by atoms with Gasteiger partial charge in [-0.2, -0.15) is 5.10 Å². The maximum Gasteiger partial charge on any atom is 0.303 e. The van der Waals surface area contributed by atoms with Gasteiger partial charge in [0, 0.05) is 35.8 Å². The largest absolute Gasteiger partial charge is 0.481 e. The molecule has 168 valence electrons. The first-order valence-corrected chi connectivity index (χ1v) is 11.1. The van der Waals surface area contributed by atoms with Crippen molar-refractivity contribution in [3.05, 3.63) is 88.2 Å². The number of carbonyl (C=O) groups is 2. The standard InChI is InChI=1S/C26H24ClN3O3/c1-16-3-5-18(6-4-16)23-13-22(29-30(23)24(31)11-12-25(32)33)21-15-28-14-17(2)26(21)19-7-9-20(27)10-8-19/h3-10,14-15,23H,11-13H2,1-2H3,(H,32,33)/t23-/m1/s1. The van der Waals surface area contributed by atoms with Crippen LogP contribution < -0.4 is 0 Å². The molecule has 1 aliphatic heterocycles. The Morgan fingerprint density at radius 1 is 1.03 bits per heavy atom. The van der Waals surface area contributed by atoms with Crippen molar-refractivity contribution in [2.24, 2.45) is 5.10 Å². The minimum absolute atomic E-state index is 0.107. The molecule has 1 amide bonds. The fourth-order valence-corrected chi connectivity index (χ4v) is 4.19. The fourth-order valence-electron chi connectivity index (χ4n) is 4.06. The lowest BCUT2D eigenvalue weighted by Gasteiger charge is -2.22. The highest BCUT2D eigenvalue weighted by atomic mass is 35.5. The van der Waals surface area contributed by atoms with E-state index in [1.807, 2.05) is 62.4 Å². The number of aromatic nitrogens is 1. The number of hydrogen-bond acceptors (Lipinski definition) is 4. The zero-order valence-corrected chi connectivity index (χ0v) is 19.2. The van der Waals surface area contributed by atoms with Gasteiger partial charge in [0.05, 0.1) is 18.2 Å². The SMILES string of the molecule is Cc1ccc([C@H]2CC(c3cncc(C)c3-c3ccc(Cl)cc3)=NN2C(=O)CCC(=O)O)cc1. The van der Waals surface area contributed by atoms with Crippen molar-refractivity contribution in [2.45, 2.75) is 39.2 Å². The molecule has 2 aromatic carbocycles. The fraction of sp³-hybridized carbons (Fsp3) is 0.231. The number of pyridine rings is 1. The molecule has 1 aromatic heterocycles. The van der Waals surface area contributed by atoms with Crippen molar-refractivity contribution in [2.75, 3.05) is 0 Å². The zero-order valence-electron chi connectivity index (χ0n) is 18.5. The van der Waals surface area contributed by atoms with Crippen molar-refractivity contribution in [1.29, 1.82) is 0 Å². The van der Waals surface area contributed by atoms with Gasteiger partial charge in [-0.3, -0.25) is 14.6 Å². The van der Waals surface area contributed by atoms with Crippen LogP contribution in [0.1, 0.15) is 47.6 Å². The van der Waals surface area contributed by atoms with Gasteiger partial charge >= 0.3 is 5.97 Å². The number of benzene rings is 2. The Labute approximate surface area is 197 Å². The molecule has 4 rings (SSSR count). The summed E-state index contributed by atoms with van der Waals surface area (Å²) in [6, 6.07) is 15.3. The van der Waals surface area contributed by atoms with Crippen LogP contribution >= 0.6 is 11.6 Å². The number of aryl methyl sites for hydroxylation is 2. The van der Waals surface area contributed by atoms with E-state index in [1.54, 1.807) is 12.4 Å². The van der Waals surface area contributed by atoms with Crippen LogP contribution in [-0.2, 0) is 9.59 Å². The second-order valence-electron chi connectivity index (χ2n) is 8.20. The van der Waals surface area contributed by atoms with Gasteiger partial charge in [-0.1, -0.05) is 53.6 Å². The van der Waals surface area contributed by atoms with Crippen LogP contribution in [-0.4, -0.2) is 32.7 Å². The average molecular weight is 462 g/mol. The molecule has 1 atom stereocenters. The monoisotopic (exact) mass is 461 g/mol. The molecule has 2 heterocycles. The third-order valence-corrected chi connectivity index (χ3v) is 6.01. The van der Waals surface area contributed by atoms with Crippen molar-refractivity contribution in [3.63, 3.8) is 0 Å². The summed E-state index contributed by atoms with van der Waals surface area (Å²) < 4.78 is 0. The molecule has 3 aromatic rings. The maximum atomic E-state index is 13.0. The van der Waals surface area contributed by atoms with Crippen LogP contribution in [0.4, 0.5) is 0 Å². The molecule has 0 unspecified atom stereocenters. The highest BCUT2D eigenvalue weighted by Gasteiger charge is 2.34. The highest BCUT2D eigenvalue weighted by Crippen LogP contribution is 2.37. The summed E-state index contributed by atoms with van der Waals surface area (Å²) in [4.78, 5) is 28.4. The van der Waals surface area contributed by atoms with Crippen LogP contribution in [0.25, 0.3) is 11.1 Å². The molecule has 1 N–H and O–H groups in total. The molecule has 0 saturated heterocycles. The first kappa shape index (κ1) is 22.7. The van der Waals surface area contributed by atoms with Gasteiger partial charge in [0.2, 0.25) is 5.91 Å². The first-order valence-electron chi connectivity index (χ1n) is 10.7. The van der Waals surface area contributed by atoms with Gasteiger partial charge < -0.3 is 5.11 Å². The third-order valence-electron chi connectivity index (χ3n) is 5.76. The number of hydrogen-bond donors (Lipinski definition) is 1. The van der Waals surface area contributed by atoms with Crippen molar-refractivity contribution >= 4 is 29.2 Å². The molecule has 0 saturated carbocycles. The predicted molar refractivity (Wildman–Crippen MR) is 128 cm³/mol. The Balaban J connectivity index is 1.76. The molecule has 0 aliphatic carbocycles. The number of nitrogens with zero attached hydrogens (tertiary/aromatic N) is 3. The van der Waals surface area contributed by atoms with Gasteiger partial charge in [0.15, 0.2) is 0 Å². The van der Waals surface area contributed by atoms with E-state index in [1.165, 1.54) is 5.01 Å². The van der Waals surface area contributed by atoms with E-state index in [4.69, 9.17) is 21.8 Å². The number of halogens is 1. The summed E-state index contributed by atoms with van der Waals surface area (Å²) in [5, 5.41) is 15.8. The van der Waals surface area contributed by atoms with E-state index in [0.717, 1.165) is 39.1 Å². The van der Waals surface area contributed by atoms with Crippen LogP contribution in [0.15, 0.2) is 66.0 Å². The lowest BCUT2D eigenvalue weighted by molar-refractivity contribution is -0.141. The normalized spacial score (nSPS) is 15.4. The number of aliphatic carboxylic acids is 1. The van der Waals surface area contributed by atoms with Crippen molar-refractivity contribution in [1.82, 2.24) is 9.99 Å². The summed E-state index contributed by atoms with van der Waals surface area (Å²) in [6.45, 7) is 4.00. The summed E-state index contributed by atoms with van der Waals surface area (Å²) in [5.41, 5.74) is 6.63. The van der Waals surface area contributed by atoms with E-state index in [9.17, 15) is 9.59 Å². The minimum Gasteiger partial charge on any atom is -0.481 e. The van der Waals surface area contributed by atoms with Gasteiger partial charge in [-0.15, -0.1) is 0 Å². The van der Waals surface area contributed by atoms with Crippen molar-refractivity contribution < 1.29 is 14.7 Å². The Hall–Kier alpha value is -3.51. The number of hydrazone groups is 1. The molecule has 6 nitrogen and oxygen atoms in total. The second-order valence-corrected chi connectivity index (χ2v) is 8.63. The topological polar surface area (TPSA) is 82.9 Å². The van der Waals surface area contributed by atoms with E-state index in [0.29, 0.717) is 11.4 Å². The molecule has 7 heteroatoms. The van der Waals surface area contributed by atoms with Crippen LogP contribution in [0.5, 0.6) is 0 Å². The summed E-state index contributed by atoms with van der Waals surface area (Å²) in [6.07, 6.45) is 3.74. The van der Waals surface area contributed by atoms with E-state index < -0.39 is 5.97 Å². The van der Waals surface area contributed by atoms with Gasteiger partial charge in [-0.25, -0.2) is 5.01 Å². The maximum absolute atomic E-state index is 13.0. The minimum atomic E-state index is -1.01. The lowest BCUT2D eigenvalue weighted by Crippen LogP contribution is -2.27. The summed E-state index contributed by atoms with van der Waals surface area (Å²) >= 11 is 6.09. The number of carbonyl (C=O) groups excluding carboxylic acids is 1. The van der Waals surface area contributed by atoms with Crippen LogP contribution in [0.3, 0.4) is 0 Å². The predicted octanol–water partition coefficient (Wildman–Crippen LogP) is 5.56. The smallest absolute Gasteiger partial charge is 0.303 e. The molecule has 33 heavy (non-hydrogen) atoms. The summed E-state index contributed by atoms with van der Waals surface area (Å²) in [5.74, 6) is -1.32. The molecule has 1 aliphatic rings. The van der Waals surface area contributed by atoms with Crippen molar-refractivity contribution in [3.8, 4) is 11.1 Å². The van der Waals surface area contributed by atoms with Crippen LogP contribution in [0.2, 0.25) is 5.02 Å². The highest BCUT2D eigenvalue weighted by molar-refractivity contribution is 6.30. The Bertz CT molecular complexity index is 1220. The van der Waals surface area contributed by atoms with Gasteiger partial charge in [-0.05, 0) is 48.2 Å². The van der Waals surface area contributed by atoms with Crippen LogP contribution in [0, 0.1) is 13.8 Å². The molecular formula is C26H24ClN3O3. The number of rotatable bonds is 6.